The average Bonchev–Trinajstić information content (AvgIpc) is 3.02. The molecule has 0 spiro atoms. The number of rotatable bonds is 4. The van der Waals surface area contributed by atoms with Crippen LogP contribution in [0.5, 0.6) is 5.75 Å². The number of amides is 1. The van der Waals surface area contributed by atoms with E-state index in [4.69, 9.17) is 11.2 Å². The maximum absolute atomic E-state index is 13.1. The fraction of sp³-hybridized carbons (Fsp3) is 0.0833. The molecule has 3 aromatic rings. The smallest absolute Gasteiger partial charge is 0.280 e. The molecule has 28 heavy (non-hydrogen) atoms. The van der Waals surface area contributed by atoms with Gasteiger partial charge in [-0.2, -0.15) is 10.1 Å². The molecular formula is C24H18N2O2. The van der Waals surface area contributed by atoms with Gasteiger partial charge in [-0.25, -0.2) is 0 Å². The van der Waals surface area contributed by atoms with Crippen LogP contribution in [-0.4, -0.2) is 18.2 Å². The first kappa shape index (κ1) is 17.6. The third-order valence-corrected chi connectivity index (χ3v) is 4.59. The summed E-state index contributed by atoms with van der Waals surface area (Å²) >= 11 is 0. The van der Waals surface area contributed by atoms with Crippen LogP contribution in [0, 0.1) is 12.3 Å². The molecule has 0 bridgehead atoms. The number of hydrogen-bond acceptors (Lipinski definition) is 3. The van der Waals surface area contributed by atoms with E-state index in [9.17, 15) is 4.79 Å². The number of ether oxygens (including phenoxy) is 1. The van der Waals surface area contributed by atoms with Crippen molar-refractivity contribution in [1.29, 1.82) is 0 Å². The number of nitrogens with zero attached hydrogens (tertiary/aromatic N) is 2. The van der Waals surface area contributed by atoms with E-state index >= 15 is 0 Å². The number of carbonyl (C=O) groups is 1. The van der Waals surface area contributed by atoms with E-state index in [2.05, 4.69) is 11.0 Å². The standard InChI is InChI=1S/C24H18N2O2/c1-3-15-28-23-14-13-18-9-7-8-12-20(18)22(23)16-21-17(2)25-26(24(21)27)19-10-5-4-6-11-19/h1,4-14,16H,15H2,2H3/b21-16+. The molecule has 4 nitrogen and oxygen atoms in total. The molecule has 0 radical (unpaired) electrons. The number of hydrogen-bond donors (Lipinski definition) is 0. The molecule has 0 aromatic heterocycles. The second kappa shape index (κ2) is 7.42. The van der Waals surface area contributed by atoms with Gasteiger partial charge in [0.2, 0.25) is 0 Å². The third kappa shape index (κ3) is 3.15. The maximum atomic E-state index is 13.1. The number of benzene rings is 3. The SMILES string of the molecule is C#CCOc1ccc2ccccc2c1/C=C1/C(=O)N(c2ccccc2)N=C1C. The van der Waals surface area contributed by atoms with Gasteiger partial charge in [-0.3, -0.25) is 4.79 Å². The molecule has 0 saturated heterocycles. The lowest BCUT2D eigenvalue weighted by molar-refractivity contribution is -0.114. The van der Waals surface area contributed by atoms with Crippen molar-refractivity contribution < 1.29 is 9.53 Å². The minimum Gasteiger partial charge on any atom is -0.480 e. The van der Waals surface area contributed by atoms with Gasteiger partial charge in [0.1, 0.15) is 12.4 Å². The molecule has 0 aliphatic carbocycles. The van der Waals surface area contributed by atoms with E-state index in [1.807, 2.05) is 79.7 Å². The first-order valence-corrected chi connectivity index (χ1v) is 8.94. The molecule has 1 aliphatic heterocycles. The van der Waals surface area contributed by atoms with E-state index < -0.39 is 0 Å². The summed E-state index contributed by atoms with van der Waals surface area (Å²) in [6.07, 6.45) is 7.20. The summed E-state index contributed by atoms with van der Waals surface area (Å²) in [4.78, 5) is 13.1. The Kier molecular flexibility index (Phi) is 4.65. The van der Waals surface area contributed by atoms with E-state index in [0.717, 1.165) is 22.0 Å². The van der Waals surface area contributed by atoms with Crippen molar-refractivity contribution in [2.75, 3.05) is 11.6 Å². The molecule has 1 amide bonds. The second-order valence-electron chi connectivity index (χ2n) is 6.39. The van der Waals surface area contributed by atoms with Crippen LogP contribution in [0.2, 0.25) is 0 Å². The van der Waals surface area contributed by atoms with Gasteiger partial charge in [-0.05, 0) is 42.0 Å². The highest BCUT2D eigenvalue weighted by Crippen LogP contribution is 2.32. The fourth-order valence-corrected chi connectivity index (χ4v) is 3.24. The molecule has 1 heterocycles. The highest BCUT2D eigenvalue weighted by molar-refractivity contribution is 6.32. The Hall–Kier alpha value is -3.84. The van der Waals surface area contributed by atoms with Crippen molar-refractivity contribution in [3.63, 3.8) is 0 Å². The topological polar surface area (TPSA) is 41.9 Å². The van der Waals surface area contributed by atoms with E-state index in [1.54, 1.807) is 0 Å². The fourth-order valence-electron chi connectivity index (χ4n) is 3.24. The predicted molar refractivity (Wildman–Crippen MR) is 113 cm³/mol. The number of anilines is 1. The molecule has 4 heteroatoms. The summed E-state index contributed by atoms with van der Waals surface area (Å²) in [6.45, 7) is 1.99. The molecule has 0 saturated carbocycles. The molecule has 0 fully saturated rings. The number of para-hydroxylation sites is 1. The van der Waals surface area contributed by atoms with Gasteiger partial charge in [-0.15, -0.1) is 6.42 Å². The van der Waals surface area contributed by atoms with Crippen LogP contribution in [0.25, 0.3) is 16.8 Å². The lowest BCUT2D eigenvalue weighted by atomic mass is 9.99. The average molecular weight is 366 g/mol. The minimum absolute atomic E-state index is 0.158. The number of fused-ring (bicyclic) bond motifs is 1. The first-order chi connectivity index (χ1) is 13.7. The second-order valence-corrected chi connectivity index (χ2v) is 6.39. The zero-order valence-electron chi connectivity index (χ0n) is 15.4. The Morgan fingerprint density at radius 1 is 1.07 bits per heavy atom. The monoisotopic (exact) mass is 366 g/mol. The molecule has 4 rings (SSSR count). The van der Waals surface area contributed by atoms with E-state index in [0.29, 0.717) is 17.0 Å². The molecule has 0 N–H and O–H groups in total. The van der Waals surface area contributed by atoms with Crippen LogP contribution >= 0.6 is 0 Å². The lowest BCUT2D eigenvalue weighted by Gasteiger charge is -2.12. The van der Waals surface area contributed by atoms with Crippen molar-refractivity contribution in [3.05, 3.63) is 77.9 Å². The van der Waals surface area contributed by atoms with Gasteiger partial charge in [-0.1, -0.05) is 54.5 Å². The van der Waals surface area contributed by atoms with Gasteiger partial charge < -0.3 is 4.74 Å². The molecule has 3 aromatic carbocycles. The summed E-state index contributed by atoms with van der Waals surface area (Å²) in [5.74, 6) is 2.96. The number of carbonyl (C=O) groups excluding carboxylic acids is 1. The molecular weight excluding hydrogens is 348 g/mol. The summed E-state index contributed by atoms with van der Waals surface area (Å²) in [5, 5.41) is 7.92. The van der Waals surface area contributed by atoms with Crippen molar-refractivity contribution in [3.8, 4) is 18.1 Å². The number of terminal acetylenes is 1. The molecule has 136 valence electrons. The summed E-state index contributed by atoms with van der Waals surface area (Å²) in [6, 6.07) is 21.2. The summed E-state index contributed by atoms with van der Waals surface area (Å²) in [7, 11) is 0. The van der Waals surface area contributed by atoms with Crippen molar-refractivity contribution in [2.45, 2.75) is 6.92 Å². The minimum atomic E-state index is -0.167. The zero-order chi connectivity index (χ0) is 19.5. The van der Waals surface area contributed by atoms with Crippen LogP contribution in [0.3, 0.4) is 0 Å². The van der Waals surface area contributed by atoms with Crippen molar-refractivity contribution >= 4 is 34.2 Å². The normalized spacial score (nSPS) is 15.0. The molecule has 0 unspecified atom stereocenters. The largest absolute Gasteiger partial charge is 0.480 e. The highest BCUT2D eigenvalue weighted by Gasteiger charge is 2.29. The Morgan fingerprint density at radius 2 is 1.82 bits per heavy atom. The first-order valence-electron chi connectivity index (χ1n) is 8.94. The van der Waals surface area contributed by atoms with Gasteiger partial charge >= 0.3 is 0 Å². The van der Waals surface area contributed by atoms with Gasteiger partial charge in [0.05, 0.1) is 17.0 Å². The highest BCUT2D eigenvalue weighted by atomic mass is 16.5. The van der Waals surface area contributed by atoms with Crippen molar-refractivity contribution in [2.24, 2.45) is 5.10 Å². The van der Waals surface area contributed by atoms with Crippen LogP contribution in [0.15, 0.2) is 77.4 Å². The summed E-state index contributed by atoms with van der Waals surface area (Å²) < 4.78 is 5.74. The Bertz CT molecular complexity index is 1150. The van der Waals surface area contributed by atoms with Crippen molar-refractivity contribution in [1.82, 2.24) is 0 Å². The van der Waals surface area contributed by atoms with E-state index in [-0.39, 0.29) is 12.5 Å². The van der Waals surface area contributed by atoms with Gasteiger partial charge in [0.25, 0.3) is 5.91 Å². The lowest BCUT2D eigenvalue weighted by Crippen LogP contribution is -2.21. The Morgan fingerprint density at radius 3 is 2.61 bits per heavy atom. The maximum Gasteiger partial charge on any atom is 0.280 e. The molecule has 1 aliphatic rings. The van der Waals surface area contributed by atoms with Crippen LogP contribution < -0.4 is 9.75 Å². The molecule has 0 atom stereocenters. The summed E-state index contributed by atoms with van der Waals surface area (Å²) in [5.41, 5.74) is 2.74. The Balaban J connectivity index is 1.82. The third-order valence-electron chi connectivity index (χ3n) is 4.59. The van der Waals surface area contributed by atoms with E-state index in [1.165, 1.54) is 5.01 Å². The van der Waals surface area contributed by atoms with Gasteiger partial charge in [0.15, 0.2) is 0 Å². The van der Waals surface area contributed by atoms with Crippen LogP contribution in [0.1, 0.15) is 12.5 Å². The zero-order valence-corrected chi connectivity index (χ0v) is 15.4. The predicted octanol–water partition coefficient (Wildman–Crippen LogP) is 4.66. The quantitative estimate of drug-likeness (QED) is 0.498. The van der Waals surface area contributed by atoms with Gasteiger partial charge in [0, 0.05) is 5.56 Å². The van der Waals surface area contributed by atoms with Crippen LogP contribution in [-0.2, 0) is 4.79 Å². The van der Waals surface area contributed by atoms with Crippen LogP contribution in [0.4, 0.5) is 5.69 Å². The Labute approximate surface area is 163 Å². The number of hydrazone groups is 1.